The first-order valence-electron chi connectivity index (χ1n) is 11.3. The second-order valence-corrected chi connectivity index (χ2v) is 8.60. The molecular formula is C25H30N2O4. The van der Waals surface area contributed by atoms with Crippen LogP contribution >= 0.6 is 0 Å². The van der Waals surface area contributed by atoms with Crippen LogP contribution in [0, 0.1) is 0 Å². The number of hydrogen-bond donors (Lipinski definition) is 0. The molecule has 164 valence electrons. The largest absolute Gasteiger partial charge is 0.496 e. The fourth-order valence-corrected chi connectivity index (χ4v) is 4.75. The van der Waals surface area contributed by atoms with Crippen molar-refractivity contribution < 1.29 is 19.0 Å². The molecule has 2 heterocycles. The van der Waals surface area contributed by atoms with Gasteiger partial charge in [-0.2, -0.15) is 0 Å². The Bertz CT molecular complexity index is 943. The van der Waals surface area contributed by atoms with Gasteiger partial charge in [0, 0.05) is 24.7 Å². The lowest BCUT2D eigenvalue weighted by Crippen LogP contribution is -2.40. The van der Waals surface area contributed by atoms with Gasteiger partial charge >= 0.3 is 0 Å². The van der Waals surface area contributed by atoms with E-state index in [-0.39, 0.29) is 11.9 Å². The van der Waals surface area contributed by atoms with E-state index in [4.69, 9.17) is 14.2 Å². The summed E-state index contributed by atoms with van der Waals surface area (Å²) >= 11 is 0. The molecule has 1 unspecified atom stereocenters. The van der Waals surface area contributed by atoms with Gasteiger partial charge in [-0.25, -0.2) is 0 Å². The van der Waals surface area contributed by atoms with E-state index in [9.17, 15) is 4.79 Å². The van der Waals surface area contributed by atoms with Crippen molar-refractivity contribution in [1.82, 2.24) is 9.80 Å². The minimum atomic E-state index is 0.107. The SMILES string of the molecule is COc1ccccc1CN(CC(=O)N1CCCC1c1ccc2c(c1)OCCO2)C1CC1. The normalized spacial score (nSPS) is 20.2. The molecule has 6 nitrogen and oxygen atoms in total. The third-order valence-electron chi connectivity index (χ3n) is 6.49. The van der Waals surface area contributed by atoms with Crippen molar-refractivity contribution in [2.24, 2.45) is 0 Å². The van der Waals surface area contributed by atoms with E-state index in [1.807, 2.05) is 24.3 Å². The third-order valence-corrected chi connectivity index (χ3v) is 6.49. The van der Waals surface area contributed by atoms with Crippen molar-refractivity contribution in [3.8, 4) is 17.2 Å². The van der Waals surface area contributed by atoms with Crippen molar-refractivity contribution >= 4 is 5.91 Å². The van der Waals surface area contributed by atoms with Crippen molar-refractivity contribution in [2.75, 3.05) is 33.4 Å². The summed E-state index contributed by atoms with van der Waals surface area (Å²) in [7, 11) is 1.70. The lowest BCUT2D eigenvalue weighted by molar-refractivity contribution is -0.133. The maximum Gasteiger partial charge on any atom is 0.237 e. The molecule has 6 heteroatoms. The van der Waals surface area contributed by atoms with Crippen LogP contribution in [0.5, 0.6) is 17.2 Å². The van der Waals surface area contributed by atoms with Crippen LogP contribution in [0.25, 0.3) is 0 Å². The summed E-state index contributed by atoms with van der Waals surface area (Å²) in [6, 6.07) is 14.8. The molecule has 0 bridgehead atoms. The van der Waals surface area contributed by atoms with Gasteiger partial charge in [0.2, 0.25) is 5.91 Å². The maximum absolute atomic E-state index is 13.4. The minimum Gasteiger partial charge on any atom is -0.496 e. The Kier molecular flexibility index (Phi) is 5.72. The predicted octanol–water partition coefficient (Wildman–Crippen LogP) is 3.79. The van der Waals surface area contributed by atoms with E-state index in [2.05, 4.69) is 28.0 Å². The molecule has 5 rings (SSSR count). The zero-order valence-corrected chi connectivity index (χ0v) is 18.1. The number of ether oxygens (including phenoxy) is 3. The molecule has 31 heavy (non-hydrogen) atoms. The van der Waals surface area contributed by atoms with Crippen LogP contribution in [0.3, 0.4) is 0 Å². The van der Waals surface area contributed by atoms with Crippen molar-refractivity contribution in [2.45, 2.75) is 44.3 Å². The molecule has 2 fully saturated rings. The number of nitrogens with zero attached hydrogens (tertiary/aromatic N) is 2. The summed E-state index contributed by atoms with van der Waals surface area (Å²) in [5.41, 5.74) is 2.27. The molecule has 1 amide bonds. The van der Waals surface area contributed by atoms with Crippen LogP contribution in [0.4, 0.5) is 0 Å². The molecule has 0 N–H and O–H groups in total. The van der Waals surface area contributed by atoms with Crippen molar-refractivity contribution in [3.63, 3.8) is 0 Å². The number of fused-ring (bicyclic) bond motifs is 1. The molecule has 0 spiro atoms. The maximum atomic E-state index is 13.4. The van der Waals surface area contributed by atoms with Gasteiger partial charge in [0.05, 0.1) is 19.7 Å². The summed E-state index contributed by atoms with van der Waals surface area (Å²) < 4.78 is 16.9. The Morgan fingerprint density at radius 2 is 1.90 bits per heavy atom. The van der Waals surface area contributed by atoms with Crippen molar-refractivity contribution in [1.29, 1.82) is 0 Å². The summed E-state index contributed by atoms with van der Waals surface area (Å²) in [5.74, 6) is 2.68. The first-order chi connectivity index (χ1) is 15.2. The molecule has 2 aromatic carbocycles. The fraction of sp³-hybridized carbons (Fsp3) is 0.480. The number of methoxy groups -OCH3 is 1. The number of rotatable bonds is 7. The fourth-order valence-electron chi connectivity index (χ4n) is 4.75. The van der Waals surface area contributed by atoms with Gasteiger partial charge in [-0.1, -0.05) is 24.3 Å². The number of amides is 1. The van der Waals surface area contributed by atoms with Gasteiger partial charge < -0.3 is 19.1 Å². The topological polar surface area (TPSA) is 51.2 Å². The van der Waals surface area contributed by atoms with Gasteiger partial charge in [-0.15, -0.1) is 0 Å². The van der Waals surface area contributed by atoms with Gasteiger partial charge in [0.1, 0.15) is 19.0 Å². The lowest BCUT2D eigenvalue weighted by Gasteiger charge is -2.30. The minimum absolute atomic E-state index is 0.107. The lowest BCUT2D eigenvalue weighted by atomic mass is 10.0. The molecule has 3 aliphatic rings. The van der Waals surface area contributed by atoms with Crippen LogP contribution in [0.15, 0.2) is 42.5 Å². The Morgan fingerprint density at radius 3 is 2.71 bits per heavy atom. The molecular weight excluding hydrogens is 392 g/mol. The Balaban J connectivity index is 1.30. The van der Waals surface area contributed by atoms with Crippen LogP contribution in [0.1, 0.15) is 42.9 Å². The van der Waals surface area contributed by atoms with E-state index in [1.165, 1.54) is 0 Å². The quantitative estimate of drug-likeness (QED) is 0.680. The summed E-state index contributed by atoms with van der Waals surface area (Å²) in [5, 5.41) is 0. The molecule has 1 saturated heterocycles. The number of benzene rings is 2. The Labute approximate surface area is 183 Å². The number of carbonyl (C=O) groups is 1. The van der Waals surface area contributed by atoms with E-state index in [0.717, 1.165) is 67.1 Å². The van der Waals surface area contributed by atoms with Gasteiger partial charge in [-0.05, 0) is 49.4 Å². The van der Waals surface area contributed by atoms with Crippen LogP contribution in [0.2, 0.25) is 0 Å². The second-order valence-electron chi connectivity index (χ2n) is 8.60. The van der Waals surface area contributed by atoms with Crippen molar-refractivity contribution in [3.05, 3.63) is 53.6 Å². The van der Waals surface area contributed by atoms with E-state index in [1.54, 1.807) is 7.11 Å². The highest BCUT2D eigenvalue weighted by molar-refractivity contribution is 5.79. The van der Waals surface area contributed by atoms with Gasteiger partial charge in [0.15, 0.2) is 11.5 Å². The number of para-hydroxylation sites is 1. The highest BCUT2D eigenvalue weighted by Gasteiger charge is 2.35. The first-order valence-corrected chi connectivity index (χ1v) is 11.3. The monoisotopic (exact) mass is 422 g/mol. The molecule has 1 aliphatic carbocycles. The second kappa shape index (κ2) is 8.79. The smallest absolute Gasteiger partial charge is 0.237 e. The molecule has 1 atom stereocenters. The summed E-state index contributed by atoms with van der Waals surface area (Å²) in [4.78, 5) is 17.8. The van der Waals surface area contributed by atoms with Gasteiger partial charge in [0.25, 0.3) is 0 Å². The average Bonchev–Trinajstić information content (AvgIpc) is 3.54. The highest BCUT2D eigenvalue weighted by Crippen LogP contribution is 2.38. The first kappa shape index (κ1) is 20.2. The molecule has 2 aromatic rings. The number of hydrogen-bond acceptors (Lipinski definition) is 5. The van der Waals surface area contributed by atoms with E-state index >= 15 is 0 Å². The zero-order chi connectivity index (χ0) is 21.2. The Hall–Kier alpha value is -2.73. The van der Waals surface area contributed by atoms with Crippen LogP contribution in [-0.4, -0.2) is 55.2 Å². The Morgan fingerprint density at radius 1 is 1.10 bits per heavy atom. The van der Waals surface area contributed by atoms with Gasteiger partial charge in [-0.3, -0.25) is 9.69 Å². The molecule has 0 aromatic heterocycles. The summed E-state index contributed by atoms with van der Waals surface area (Å²) in [6.07, 6.45) is 4.34. The molecule has 0 radical (unpaired) electrons. The standard InChI is InChI=1S/C25H30N2O4/c1-29-22-7-3-2-5-19(22)16-26(20-9-10-20)17-25(28)27-12-4-6-21(27)18-8-11-23-24(15-18)31-14-13-30-23/h2-3,5,7-8,11,15,20-21H,4,6,9-10,12-14,16-17H2,1H3. The average molecular weight is 423 g/mol. The van der Waals surface area contributed by atoms with E-state index in [0.29, 0.717) is 25.8 Å². The predicted molar refractivity (Wildman–Crippen MR) is 118 cm³/mol. The zero-order valence-electron chi connectivity index (χ0n) is 18.1. The molecule has 2 aliphatic heterocycles. The highest BCUT2D eigenvalue weighted by atomic mass is 16.6. The number of carbonyl (C=O) groups excluding carboxylic acids is 1. The third kappa shape index (κ3) is 4.35. The van der Waals surface area contributed by atoms with E-state index < -0.39 is 0 Å². The number of likely N-dealkylation sites (tertiary alicyclic amines) is 1. The van der Waals surface area contributed by atoms with Crippen LogP contribution in [-0.2, 0) is 11.3 Å². The summed E-state index contributed by atoms with van der Waals surface area (Å²) in [6.45, 7) is 3.16. The van der Waals surface area contributed by atoms with Crippen LogP contribution < -0.4 is 14.2 Å². The molecule has 1 saturated carbocycles.